The van der Waals surface area contributed by atoms with Gasteiger partial charge in [-0.25, -0.2) is 0 Å². The van der Waals surface area contributed by atoms with Crippen molar-refractivity contribution in [3.63, 3.8) is 0 Å². The van der Waals surface area contributed by atoms with Crippen LogP contribution in [0.2, 0.25) is 0 Å². The van der Waals surface area contributed by atoms with Crippen LogP contribution in [0.25, 0.3) is 0 Å². The molecule has 1 aliphatic heterocycles. The molecule has 2 aromatic carbocycles. The second-order valence-corrected chi connectivity index (χ2v) is 9.49. The molecule has 32 heavy (non-hydrogen) atoms. The van der Waals surface area contributed by atoms with Gasteiger partial charge in [0.05, 0.1) is 18.8 Å². The molecule has 2 aliphatic rings. The zero-order chi connectivity index (χ0) is 22.9. The van der Waals surface area contributed by atoms with Crippen molar-refractivity contribution in [3.8, 4) is 5.75 Å². The zero-order valence-electron chi connectivity index (χ0n) is 19.1. The average molecular weight is 440 g/mol. The summed E-state index contributed by atoms with van der Waals surface area (Å²) in [6, 6.07) is 9.27. The van der Waals surface area contributed by atoms with Gasteiger partial charge in [-0.15, -0.1) is 0 Å². The van der Waals surface area contributed by atoms with E-state index in [2.05, 4.69) is 6.92 Å². The Bertz CT molecular complexity index is 933. The normalized spacial score (nSPS) is 26.7. The molecule has 0 aromatic heterocycles. The second-order valence-electron chi connectivity index (χ2n) is 9.49. The first-order chi connectivity index (χ1) is 15.2. The summed E-state index contributed by atoms with van der Waals surface area (Å²) in [7, 11) is 5.76. The molecular weight excluding hydrogens is 409 g/mol. The summed E-state index contributed by atoms with van der Waals surface area (Å²) in [6.07, 6.45) is 1.03. The van der Waals surface area contributed by atoms with Crippen molar-refractivity contribution in [2.75, 3.05) is 13.2 Å². The van der Waals surface area contributed by atoms with Crippen LogP contribution in [0, 0.1) is 31.6 Å². The van der Waals surface area contributed by atoms with Crippen LogP contribution < -0.4 is 10.2 Å². The minimum Gasteiger partial charge on any atom is -0.429 e. The molecular formula is C26H31BF2O3. The predicted molar refractivity (Wildman–Crippen MR) is 122 cm³/mol. The van der Waals surface area contributed by atoms with E-state index in [-0.39, 0.29) is 11.3 Å². The topological polar surface area (TPSA) is 27.7 Å². The Labute approximate surface area is 190 Å². The van der Waals surface area contributed by atoms with E-state index < -0.39 is 12.4 Å². The lowest BCUT2D eigenvalue weighted by atomic mass is 9.76. The van der Waals surface area contributed by atoms with Crippen molar-refractivity contribution in [1.82, 2.24) is 0 Å². The first kappa shape index (κ1) is 23.3. The summed E-state index contributed by atoms with van der Waals surface area (Å²) in [5.74, 6) is 1.97. The highest BCUT2D eigenvalue weighted by Gasteiger charge is 2.37. The van der Waals surface area contributed by atoms with Crippen LogP contribution in [-0.4, -0.2) is 21.1 Å². The summed E-state index contributed by atoms with van der Waals surface area (Å²) in [6.45, 7) is 7.03. The fraction of sp³-hybridized carbons (Fsp3) is 0.538. The smallest absolute Gasteiger partial charge is 0.426 e. The number of hydrogen-bond acceptors (Lipinski definition) is 3. The van der Waals surface area contributed by atoms with Crippen LogP contribution in [0.15, 0.2) is 36.4 Å². The van der Waals surface area contributed by atoms with Gasteiger partial charge in [-0.2, -0.15) is 8.78 Å². The highest BCUT2D eigenvalue weighted by Crippen LogP contribution is 2.39. The molecule has 1 heterocycles. The van der Waals surface area contributed by atoms with Crippen LogP contribution in [0.5, 0.6) is 5.75 Å². The number of alkyl halides is 2. The maximum atomic E-state index is 14.9. The van der Waals surface area contributed by atoms with Gasteiger partial charge in [0.25, 0.3) is 0 Å². The highest BCUT2D eigenvalue weighted by molar-refractivity contribution is 6.33. The number of ether oxygens (including phenoxy) is 3. The molecule has 0 N–H and O–H groups in total. The van der Waals surface area contributed by atoms with Gasteiger partial charge in [0, 0.05) is 11.5 Å². The summed E-state index contributed by atoms with van der Waals surface area (Å²) in [5, 5.41) is 0. The average Bonchev–Trinajstić information content (AvgIpc) is 2.76. The summed E-state index contributed by atoms with van der Waals surface area (Å²) in [5.41, 5.74) is 2.23. The van der Waals surface area contributed by atoms with Crippen molar-refractivity contribution in [1.29, 1.82) is 0 Å². The summed E-state index contributed by atoms with van der Waals surface area (Å²) in [4.78, 5) is 0. The van der Waals surface area contributed by atoms with Gasteiger partial charge in [-0.05, 0) is 62.3 Å². The third-order valence-electron chi connectivity index (χ3n) is 6.97. The second kappa shape index (κ2) is 9.52. The van der Waals surface area contributed by atoms with E-state index in [1.165, 1.54) is 43.9 Å². The van der Waals surface area contributed by atoms with Gasteiger partial charge in [0.2, 0.25) is 0 Å². The Balaban J connectivity index is 1.40. The van der Waals surface area contributed by atoms with Gasteiger partial charge in [0.1, 0.15) is 13.6 Å². The highest BCUT2D eigenvalue weighted by atomic mass is 19.3. The van der Waals surface area contributed by atoms with E-state index in [9.17, 15) is 8.78 Å². The van der Waals surface area contributed by atoms with E-state index in [1.807, 2.05) is 0 Å². The molecule has 2 radical (unpaired) electrons. The van der Waals surface area contributed by atoms with Gasteiger partial charge in [0.15, 0.2) is 6.29 Å². The van der Waals surface area contributed by atoms with Crippen LogP contribution >= 0.6 is 0 Å². The minimum atomic E-state index is -3.47. The quantitative estimate of drug-likeness (QED) is 0.558. The fourth-order valence-electron chi connectivity index (χ4n) is 4.81. The molecule has 0 unspecified atom stereocenters. The number of hydrogen-bond donors (Lipinski definition) is 0. The monoisotopic (exact) mass is 440 g/mol. The Morgan fingerprint density at radius 2 is 1.59 bits per heavy atom. The first-order valence-electron chi connectivity index (χ1n) is 11.5. The first-order valence-corrected chi connectivity index (χ1v) is 11.5. The van der Waals surface area contributed by atoms with E-state index in [1.54, 1.807) is 32.0 Å². The third-order valence-corrected chi connectivity index (χ3v) is 6.97. The largest absolute Gasteiger partial charge is 0.429 e. The summed E-state index contributed by atoms with van der Waals surface area (Å²) < 4.78 is 46.8. The van der Waals surface area contributed by atoms with Crippen LogP contribution in [-0.2, 0) is 15.6 Å². The lowest BCUT2D eigenvalue weighted by Gasteiger charge is -2.37. The Hall–Kier alpha value is -1.92. The number of aryl methyl sites for hydroxylation is 2. The van der Waals surface area contributed by atoms with Crippen LogP contribution in [0.1, 0.15) is 61.2 Å². The van der Waals surface area contributed by atoms with Crippen LogP contribution in [0.3, 0.4) is 0 Å². The molecule has 6 heteroatoms. The summed E-state index contributed by atoms with van der Waals surface area (Å²) >= 11 is 0. The van der Waals surface area contributed by atoms with Crippen LogP contribution in [0.4, 0.5) is 8.78 Å². The van der Waals surface area contributed by atoms with E-state index in [4.69, 9.17) is 22.1 Å². The molecule has 0 bridgehead atoms. The molecule has 0 amide bonds. The predicted octanol–water partition coefficient (Wildman–Crippen LogP) is 5.71. The lowest BCUT2D eigenvalue weighted by Crippen LogP contribution is -2.34. The molecule has 0 spiro atoms. The van der Waals surface area contributed by atoms with Crippen molar-refractivity contribution >= 4 is 13.3 Å². The molecule has 2 fully saturated rings. The molecule has 170 valence electrons. The zero-order valence-corrected chi connectivity index (χ0v) is 19.1. The maximum absolute atomic E-state index is 14.9. The number of halogens is 2. The maximum Gasteiger partial charge on any atom is 0.426 e. The van der Waals surface area contributed by atoms with Gasteiger partial charge in [-0.1, -0.05) is 49.0 Å². The van der Waals surface area contributed by atoms with Gasteiger partial charge < -0.3 is 14.2 Å². The van der Waals surface area contributed by atoms with Gasteiger partial charge >= 0.3 is 6.11 Å². The van der Waals surface area contributed by atoms with E-state index in [0.29, 0.717) is 41.6 Å². The number of rotatable bonds is 5. The number of benzene rings is 2. The van der Waals surface area contributed by atoms with Crippen molar-refractivity contribution < 1.29 is 23.0 Å². The van der Waals surface area contributed by atoms with Crippen molar-refractivity contribution in [2.45, 2.75) is 58.9 Å². The molecule has 1 aliphatic carbocycles. The fourth-order valence-corrected chi connectivity index (χ4v) is 4.81. The lowest BCUT2D eigenvalue weighted by molar-refractivity contribution is -0.215. The van der Waals surface area contributed by atoms with Crippen molar-refractivity contribution in [2.24, 2.45) is 17.8 Å². The SMILES string of the molecule is [B]c1ccc(OC(F)(F)c2ccc(C3OCC(C4CCC(C)CC4)CO3)cc2C)cc1C. The minimum absolute atomic E-state index is 0.0762. The molecule has 0 atom stereocenters. The standard InChI is InChI=1S/C26H31BF2O3/c1-16-4-6-19(7-5-16)21-14-30-25(31-15-21)20-8-10-23(17(2)12-20)26(28,29)32-22-9-11-24(27)18(3)13-22/h8-13,16,19,21,25H,4-7,14-15H2,1-3H3. The van der Waals surface area contributed by atoms with Gasteiger partial charge in [-0.3, -0.25) is 0 Å². The third kappa shape index (κ3) is 5.18. The Kier molecular flexibility index (Phi) is 6.92. The molecule has 4 rings (SSSR count). The molecule has 1 saturated heterocycles. The Morgan fingerprint density at radius 1 is 0.906 bits per heavy atom. The Morgan fingerprint density at radius 3 is 2.22 bits per heavy atom. The van der Waals surface area contributed by atoms with E-state index >= 15 is 0 Å². The molecule has 1 saturated carbocycles. The molecule has 2 aromatic rings. The van der Waals surface area contributed by atoms with E-state index in [0.717, 1.165) is 11.5 Å². The van der Waals surface area contributed by atoms with Crippen molar-refractivity contribution in [3.05, 3.63) is 58.7 Å². The molecule has 3 nitrogen and oxygen atoms in total.